The highest BCUT2D eigenvalue weighted by molar-refractivity contribution is 7.20. The zero-order valence-corrected chi connectivity index (χ0v) is 12.1. The number of nitrogens with zero attached hydrogens (tertiary/aromatic N) is 2. The number of fused-ring (bicyclic) bond motifs is 2. The number of hydrogen-bond donors (Lipinski definition) is 1. The van der Waals surface area contributed by atoms with E-state index in [0.29, 0.717) is 10.3 Å². The second-order valence-corrected chi connectivity index (χ2v) is 5.89. The van der Waals surface area contributed by atoms with E-state index in [4.69, 9.17) is 0 Å². The molecule has 1 amide bonds. The number of hydrogen-bond acceptors (Lipinski definition) is 3. The van der Waals surface area contributed by atoms with E-state index < -0.39 is 0 Å². The third kappa shape index (κ3) is 2.05. The van der Waals surface area contributed by atoms with Gasteiger partial charge in [-0.1, -0.05) is 18.2 Å². The number of nitrogens with one attached hydrogen (secondary N) is 1. The molecule has 0 bridgehead atoms. The summed E-state index contributed by atoms with van der Waals surface area (Å²) >= 11 is 1.26. The molecule has 6 heteroatoms. The van der Waals surface area contributed by atoms with Crippen molar-refractivity contribution in [3.05, 3.63) is 65.6 Å². The largest absolute Gasteiger partial charge is 0.280 e. The predicted molar refractivity (Wildman–Crippen MR) is 85.2 cm³/mol. The number of halogens is 1. The lowest BCUT2D eigenvalue weighted by Gasteiger charge is -2.04. The average molecular weight is 311 g/mol. The van der Waals surface area contributed by atoms with Crippen LogP contribution in [0.2, 0.25) is 0 Å². The molecule has 0 radical (unpaired) electrons. The number of amides is 1. The van der Waals surface area contributed by atoms with E-state index >= 15 is 0 Å². The van der Waals surface area contributed by atoms with Gasteiger partial charge in [-0.3, -0.25) is 10.2 Å². The summed E-state index contributed by atoms with van der Waals surface area (Å²) in [7, 11) is 0. The third-order valence-corrected chi connectivity index (χ3v) is 4.51. The van der Waals surface area contributed by atoms with Crippen LogP contribution in [0, 0.1) is 5.82 Å². The molecule has 0 saturated heterocycles. The minimum atomic E-state index is -0.319. The second kappa shape index (κ2) is 4.92. The lowest BCUT2D eigenvalue weighted by Crippen LogP contribution is -2.21. The summed E-state index contributed by atoms with van der Waals surface area (Å²) in [6.45, 7) is 0. The van der Waals surface area contributed by atoms with Gasteiger partial charge in [0.25, 0.3) is 5.91 Å². The van der Waals surface area contributed by atoms with Crippen molar-refractivity contribution in [2.24, 2.45) is 0 Å². The number of carbonyl (C=O) groups is 1. The van der Waals surface area contributed by atoms with Gasteiger partial charge in [-0.25, -0.2) is 14.1 Å². The van der Waals surface area contributed by atoms with E-state index in [-0.39, 0.29) is 11.7 Å². The molecule has 108 valence electrons. The maximum atomic E-state index is 13.7. The molecule has 0 aliphatic rings. The van der Waals surface area contributed by atoms with Crippen molar-refractivity contribution in [2.45, 2.75) is 0 Å². The fraction of sp³-hybridized carbons (Fsp3) is 0. The minimum absolute atomic E-state index is 0.288. The van der Waals surface area contributed by atoms with Crippen LogP contribution in [-0.4, -0.2) is 15.6 Å². The summed E-state index contributed by atoms with van der Waals surface area (Å²) in [5.41, 5.74) is 4.37. The Balaban J connectivity index is 1.70. The van der Waals surface area contributed by atoms with Gasteiger partial charge in [0.15, 0.2) is 0 Å². The van der Waals surface area contributed by atoms with Crippen LogP contribution in [0.4, 0.5) is 4.39 Å². The highest BCUT2D eigenvalue weighted by Gasteiger charge is 2.13. The molecule has 0 atom stereocenters. The molecule has 22 heavy (non-hydrogen) atoms. The van der Waals surface area contributed by atoms with Gasteiger partial charge in [-0.15, -0.1) is 11.3 Å². The summed E-state index contributed by atoms with van der Waals surface area (Å²) in [6.07, 6.45) is 1.55. The third-order valence-electron chi connectivity index (χ3n) is 3.41. The number of rotatable bonds is 2. The Kier molecular flexibility index (Phi) is 2.90. The van der Waals surface area contributed by atoms with Gasteiger partial charge in [0.05, 0.1) is 15.9 Å². The monoisotopic (exact) mass is 311 g/mol. The Morgan fingerprint density at radius 3 is 2.91 bits per heavy atom. The van der Waals surface area contributed by atoms with Crippen LogP contribution in [0.15, 0.2) is 54.9 Å². The van der Waals surface area contributed by atoms with Crippen molar-refractivity contribution in [1.29, 1.82) is 0 Å². The summed E-state index contributed by atoms with van der Waals surface area (Å²) in [6, 6.07) is 13.9. The van der Waals surface area contributed by atoms with Gasteiger partial charge < -0.3 is 0 Å². The number of benzene rings is 2. The van der Waals surface area contributed by atoms with Crippen LogP contribution in [0.3, 0.4) is 0 Å². The Labute approximate surface area is 128 Å². The first-order valence-corrected chi connectivity index (χ1v) is 7.45. The van der Waals surface area contributed by atoms with Crippen molar-refractivity contribution < 1.29 is 9.18 Å². The predicted octanol–water partition coefficient (Wildman–Crippen LogP) is 3.77. The Bertz CT molecular complexity index is 1000. The number of para-hydroxylation sites is 2. The summed E-state index contributed by atoms with van der Waals surface area (Å²) in [5.74, 6) is -0.607. The van der Waals surface area contributed by atoms with E-state index in [9.17, 15) is 9.18 Å². The zero-order chi connectivity index (χ0) is 15.1. The van der Waals surface area contributed by atoms with E-state index in [1.54, 1.807) is 29.2 Å². The second-order valence-electron chi connectivity index (χ2n) is 4.81. The zero-order valence-electron chi connectivity index (χ0n) is 11.3. The smallest absolute Gasteiger partial charge is 0.266 e. The van der Waals surface area contributed by atoms with Crippen LogP contribution >= 0.6 is 11.3 Å². The van der Waals surface area contributed by atoms with E-state index in [1.165, 1.54) is 17.4 Å². The van der Waals surface area contributed by atoms with Gasteiger partial charge in [0, 0.05) is 10.1 Å². The highest BCUT2D eigenvalue weighted by atomic mass is 32.1. The van der Waals surface area contributed by atoms with Gasteiger partial charge in [-0.05, 0) is 30.3 Å². The summed E-state index contributed by atoms with van der Waals surface area (Å²) in [5, 5.41) is 0.466. The van der Waals surface area contributed by atoms with E-state index in [1.807, 2.05) is 24.3 Å². The van der Waals surface area contributed by atoms with Crippen molar-refractivity contribution in [3.8, 4) is 0 Å². The quantitative estimate of drug-likeness (QED) is 0.612. The molecular formula is C16H10FN3OS. The standard InChI is InChI=1S/C16H10FN3OS/c17-11-4-3-7-14-10(11)8-15(22-14)16(21)19-20-9-18-12-5-1-2-6-13(12)20/h1-9H,(H,19,21). The molecular weight excluding hydrogens is 301 g/mol. The molecule has 4 rings (SSSR count). The molecule has 0 saturated carbocycles. The molecule has 1 N–H and O–H groups in total. The maximum Gasteiger partial charge on any atom is 0.280 e. The van der Waals surface area contributed by atoms with E-state index in [2.05, 4.69) is 10.4 Å². The Morgan fingerprint density at radius 2 is 2.05 bits per heavy atom. The lowest BCUT2D eigenvalue weighted by molar-refractivity contribution is 0.101. The normalized spacial score (nSPS) is 11.1. The van der Waals surface area contributed by atoms with Gasteiger partial charge in [-0.2, -0.15) is 0 Å². The lowest BCUT2D eigenvalue weighted by atomic mass is 10.2. The van der Waals surface area contributed by atoms with Crippen LogP contribution in [0.5, 0.6) is 0 Å². The van der Waals surface area contributed by atoms with Crippen molar-refractivity contribution in [1.82, 2.24) is 9.66 Å². The summed E-state index contributed by atoms with van der Waals surface area (Å²) in [4.78, 5) is 17.0. The highest BCUT2D eigenvalue weighted by Crippen LogP contribution is 2.27. The first kappa shape index (κ1) is 13.0. The van der Waals surface area contributed by atoms with Crippen molar-refractivity contribution in [3.63, 3.8) is 0 Å². The number of thiophene rings is 1. The van der Waals surface area contributed by atoms with Crippen molar-refractivity contribution >= 4 is 38.4 Å². The fourth-order valence-corrected chi connectivity index (χ4v) is 3.32. The minimum Gasteiger partial charge on any atom is -0.266 e. The summed E-state index contributed by atoms with van der Waals surface area (Å²) < 4.78 is 16.0. The molecule has 0 aliphatic heterocycles. The first-order valence-electron chi connectivity index (χ1n) is 6.64. The molecule has 4 aromatic rings. The number of imidazole rings is 1. The fourth-order valence-electron chi connectivity index (χ4n) is 2.35. The average Bonchev–Trinajstić information content (AvgIpc) is 3.13. The van der Waals surface area contributed by atoms with Crippen molar-refractivity contribution in [2.75, 3.05) is 5.43 Å². The maximum absolute atomic E-state index is 13.7. The van der Waals surface area contributed by atoms with E-state index in [0.717, 1.165) is 15.7 Å². The SMILES string of the molecule is O=C(Nn1cnc2ccccc21)c1cc2c(F)cccc2s1. The van der Waals surface area contributed by atoms with Crippen LogP contribution in [-0.2, 0) is 0 Å². The van der Waals surface area contributed by atoms with Gasteiger partial charge in [0.2, 0.25) is 0 Å². The number of carbonyl (C=O) groups excluding carboxylic acids is 1. The Hall–Kier alpha value is -2.73. The number of aromatic nitrogens is 2. The Morgan fingerprint density at radius 1 is 1.18 bits per heavy atom. The molecule has 0 unspecified atom stereocenters. The van der Waals surface area contributed by atoms with Gasteiger partial charge >= 0.3 is 0 Å². The van der Waals surface area contributed by atoms with Gasteiger partial charge in [0.1, 0.15) is 12.1 Å². The topological polar surface area (TPSA) is 46.9 Å². The molecule has 2 heterocycles. The molecule has 0 fully saturated rings. The van der Waals surface area contributed by atoms with Crippen LogP contribution in [0.25, 0.3) is 21.1 Å². The molecule has 0 spiro atoms. The van der Waals surface area contributed by atoms with Crippen LogP contribution in [0.1, 0.15) is 9.67 Å². The molecule has 2 aromatic carbocycles. The van der Waals surface area contributed by atoms with Crippen LogP contribution < -0.4 is 5.43 Å². The molecule has 0 aliphatic carbocycles. The first-order chi connectivity index (χ1) is 10.7. The molecule has 4 nitrogen and oxygen atoms in total. The molecule has 2 aromatic heterocycles.